The van der Waals surface area contributed by atoms with Crippen molar-refractivity contribution in [1.82, 2.24) is 54.3 Å². The Morgan fingerprint density at radius 1 is 0.911 bits per heavy atom. The third-order valence-corrected chi connectivity index (χ3v) is 7.69. The van der Waals surface area contributed by atoms with Crippen LogP contribution in [0.3, 0.4) is 0 Å². The number of imidazole rings is 2. The molecule has 23 heteroatoms. The van der Waals surface area contributed by atoms with Gasteiger partial charge in [-0.1, -0.05) is 19.6 Å². The molecular formula is C33H40N14O9. The van der Waals surface area contributed by atoms with Gasteiger partial charge in [-0.2, -0.15) is 19.9 Å². The van der Waals surface area contributed by atoms with Crippen molar-refractivity contribution in [3.63, 3.8) is 0 Å². The van der Waals surface area contributed by atoms with Gasteiger partial charge < -0.3 is 56.5 Å². The van der Waals surface area contributed by atoms with Crippen molar-refractivity contribution >= 4 is 45.8 Å². The Labute approximate surface area is 316 Å². The predicted octanol–water partition coefficient (Wildman–Crippen LogP) is -0.605. The van der Waals surface area contributed by atoms with Crippen LogP contribution in [-0.4, -0.2) is 106 Å². The standard InChI is InChI=1S/C16H19N7O5.C16H17N7O4.CH4/c17-4-1-5-27-15-21-13(18)12-14(22-15)23(16(26)20-12)7-9-2-3-10(19-6-9)28-8-11(24)25;17-13-12-14-22-15(21-13)26-5-1-4-18-10(24)8-27-11-3-2-9(6-19-11)7-23(14)16(25)20-12;/h2-3,6H,1,4-5,7-8,17H2,(H,20,26)(H,24,25)(H2,18,21,22);2-3,6H,1,4-5,7-8H2,(H,18,24)(H,20,25)(H2,17,21,22);1H4. The van der Waals surface area contributed by atoms with Crippen LogP contribution < -0.4 is 52.8 Å². The van der Waals surface area contributed by atoms with E-state index in [0.717, 1.165) is 5.56 Å². The molecule has 8 heterocycles. The van der Waals surface area contributed by atoms with Crippen LogP contribution in [0.4, 0.5) is 11.6 Å². The van der Waals surface area contributed by atoms with E-state index >= 15 is 0 Å². The Balaban J connectivity index is 0.000000211. The number of nitrogens with zero attached hydrogens (tertiary/aromatic N) is 8. The lowest BCUT2D eigenvalue weighted by atomic mass is 10.3. The summed E-state index contributed by atoms with van der Waals surface area (Å²) >= 11 is 0. The summed E-state index contributed by atoms with van der Waals surface area (Å²) in [4.78, 5) is 77.0. The molecule has 0 aliphatic carbocycles. The number of amides is 1. The number of carbonyl (C=O) groups is 2. The van der Waals surface area contributed by atoms with E-state index in [9.17, 15) is 19.2 Å². The summed E-state index contributed by atoms with van der Waals surface area (Å²) in [7, 11) is 0. The van der Waals surface area contributed by atoms with Crippen molar-refractivity contribution in [3.8, 4) is 23.8 Å². The van der Waals surface area contributed by atoms with Gasteiger partial charge in [0.25, 0.3) is 5.91 Å². The molecule has 0 saturated heterocycles. The molecule has 0 radical (unpaired) electrons. The normalized spacial score (nSPS) is 12.8. The average molecular weight is 777 g/mol. The second-order valence-corrected chi connectivity index (χ2v) is 11.7. The highest BCUT2D eigenvalue weighted by atomic mass is 16.5. The molecule has 0 saturated carbocycles. The zero-order chi connectivity index (χ0) is 38.9. The molecule has 0 fully saturated rings. The monoisotopic (exact) mass is 776 g/mol. The number of carboxylic acids is 1. The number of nitrogen functional groups attached to an aromatic ring is 2. The van der Waals surface area contributed by atoms with Crippen molar-refractivity contribution < 1.29 is 33.6 Å². The summed E-state index contributed by atoms with van der Waals surface area (Å²) in [5.41, 5.74) is 19.2. The summed E-state index contributed by atoms with van der Waals surface area (Å²) in [6.45, 7) is 1.24. The lowest BCUT2D eigenvalue weighted by Gasteiger charge is -2.07. The zero-order valence-electron chi connectivity index (χ0n) is 29.1. The molecule has 0 spiro atoms. The molecule has 2 aliphatic heterocycles. The Kier molecular flexibility index (Phi) is 12.9. The topological polar surface area (TPSA) is 334 Å². The Bertz CT molecular complexity index is 2410. The molecule has 23 nitrogen and oxygen atoms in total. The number of pyridine rings is 2. The zero-order valence-corrected chi connectivity index (χ0v) is 29.1. The largest absolute Gasteiger partial charge is 0.479 e. The Morgan fingerprint density at radius 2 is 1.70 bits per heavy atom. The number of carboxylic acid groups (broad SMARTS) is 1. The van der Waals surface area contributed by atoms with E-state index in [1.807, 2.05) is 0 Å². The second kappa shape index (κ2) is 18.2. The van der Waals surface area contributed by atoms with Crippen molar-refractivity contribution in [2.75, 3.05) is 51.0 Å². The molecule has 6 aromatic rings. The number of aromatic nitrogens is 10. The van der Waals surface area contributed by atoms with Gasteiger partial charge in [0.1, 0.15) is 11.0 Å². The third kappa shape index (κ3) is 9.81. The Hall–Kier alpha value is -7.30. The van der Waals surface area contributed by atoms with Gasteiger partial charge in [-0.3, -0.25) is 13.9 Å². The fourth-order valence-corrected chi connectivity index (χ4v) is 5.07. The molecule has 6 aromatic heterocycles. The number of rotatable bonds is 9. The SMILES string of the molecule is C.NCCCOc1nc(N)c2[nH]c(=O)n(Cc3ccc(OCC(=O)O)nc3)c2n1.Nc1nc2nc3c1[nH]c(=O)n3Cc1ccc(nc1)OCC(=O)NCCCO2. The van der Waals surface area contributed by atoms with Gasteiger partial charge in [-0.05, 0) is 30.5 Å². The van der Waals surface area contributed by atoms with E-state index < -0.39 is 18.3 Å². The predicted molar refractivity (Wildman–Crippen MR) is 199 cm³/mol. The molecule has 0 aromatic carbocycles. The number of anilines is 2. The first-order chi connectivity index (χ1) is 26.6. The van der Waals surface area contributed by atoms with Crippen molar-refractivity contribution in [2.45, 2.75) is 33.4 Å². The fourth-order valence-electron chi connectivity index (χ4n) is 5.07. The van der Waals surface area contributed by atoms with Gasteiger partial charge in [-0.15, -0.1) is 0 Å². The van der Waals surface area contributed by atoms with Crippen LogP contribution in [0.2, 0.25) is 0 Å². The fraction of sp³-hybridized carbons (Fsp3) is 0.333. The van der Waals surface area contributed by atoms with Gasteiger partial charge in [0, 0.05) is 31.1 Å². The quantitative estimate of drug-likeness (QED) is 0.0901. The van der Waals surface area contributed by atoms with Gasteiger partial charge >= 0.3 is 29.4 Å². The Morgan fingerprint density at radius 3 is 2.43 bits per heavy atom. The number of hydrogen-bond acceptors (Lipinski definition) is 17. The lowest BCUT2D eigenvalue weighted by molar-refractivity contribution is -0.139. The van der Waals surface area contributed by atoms with Gasteiger partial charge in [0.2, 0.25) is 11.8 Å². The highest BCUT2D eigenvalue weighted by Gasteiger charge is 2.17. The molecule has 56 heavy (non-hydrogen) atoms. The lowest BCUT2D eigenvalue weighted by Crippen LogP contribution is -2.30. The maximum absolute atomic E-state index is 12.3. The molecule has 4 bridgehead atoms. The van der Waals surface area contributed by atoms with Crippen LogP contribution in [0.15, 0.2) is 46.2 Å². The summed E-state index contributed by atoms with van der Waals surface area (Å²) in [5, 5.41) is 11.3. The number of nitrogens with two attached hydrogens (primary N) is 3. The minimum atomic E-state index is -1.10. The number of nitrogens with one attached hydrogen (secondary N) is 3. The van der Waals surface area contributed by atoms with E-state index in [-0.39, 0.29) is 74.9 Å². The summed E-state index contributed by atoms with van der Waals surface area (Å²) in [6, 6.07) is 6.70. The van der Waals surface area contributed by atoms with Crippen LogP contribution in [0.5, 0.6) is 23.8 Å². The first-order valence-corrected chi connectivity index (χ1v) is 16.7. The van der Waals surface area contributed by atoms with Gasteiger partial charge in [0.15, 0.2) is 36.1 Å². The number of carbonyl (C=O) groups excluding carboxylic acids is 1. The summed E-state index contributed by atoms with van der Waals surface area (Å²) in [5.74, 6) is -0.646. The van der Waals surface area contributed by atoms with Crippen molar-refractivity contribution in [1.29, 1.82) is 0 Å². The molecule has 0 unspecified atom stereocenters. The maximum Gasteiger partial charge on any atom is 0.341 e. The second-order valence-electron chi connectivity index (χ2n) is 11.7. The van der Waals surface area contributed by atoms with Crippen LogP contribution >= 0.6 is 0 Å². The summed E-state index contributed by atoms with van der Waals surface area (Å²) in [6.07, 6.45) is 4.22. The van der Waals surface area contributed by atoms with Crippen LogP contribution in [-0.2, 0) is 22.7 Å². The number of hydrogen-bond donors (Lipinski definition) is 7. The molecule has 10 N–H and O–H groups in total. The van der Waals surface area contributed by atoms with Crippen LogP contribution in [0.1, 0.15) is 31.4 Å². The van der Waals surface area contributed by atoms with Crippen molar-refractivity contribution in [3.05, 3.63) is 68.8 Å². The maximum atomic E-state index is 12.3. The number of ether oxygens (including phenoxy) is 4. The molecule has 296 valence electrons. The minimum absolute atomic E-state index is 0. The van der Waals surface area contributed by atoms with E-state index in [2.05, 4.69) is 45.2 Å². The first-order valence-electron chi connectivity index (χ1n) is 16.7. The molecule has 8 rings (SSSR count). The number of aliphatic carboxylic acids is 1. The van der Waals surface area contributed by atoms with Crippen LogP contribution in [0.25, 0.3) is 22.3 Å². The van der Waals surface area contributed by atoms with E-state index in [1.54, 1.807) is 24.4 Å². The highest BCUT2D eigenvalue weighted by molar-refractivity contribution is 5.82. The third-order valence-electron chi connectivity index (χ3n) is 7.69. The van der Waals surface area contributed by atoms with E-state index in [0.29, 0.717) is 66.3 Å². The highest BCUT2D eigenvalue weighted by Crippen LogP contribution is 2.20. The van der Waals surface area contributed by atoms with E-state index in [4.69, 9.17) is 41.3 Å². The van der Waals surface area contributed by atoms with Gasteiger partial charge in [0.05, 0.1) is 26.3 Å². The number of fused-ring (bicyclic) bond motifs is 10. The number of H-pyrrole nitrogens is 2. The van der Waals surface area contributed by atoms with E-state index in [1.165, 1.54) is 21.4 Å². The average Bonchev–Trinajstić information content (AvgIpc) is 3.66. The summed E-state index contributed by atoms with van der Waals surface area (Å²) < 4.78 is 24.1. The minimum Gasteiger partial charge on any atom is -0.479 e. The smallest absolute Gasteiger partial charge is 0.341 e. The molecule has 1 amide bonds. The molecule has 2 aliphatic rings. The number of aromatic amines is 2. The van der Waals surface area contributed by atoms with Crippen LogP contribution in [0, 0.1) is 0 Å². The van der Waals surface area contributed by atoms with Gasteiger partial charge in [-0.25, -0.2) is 24.4 Å². The first kappa shape index (κ1) is 39.9. The van der Waals surface area contributed by atoms with Crippen molar-refractivity contribution in [2.24, 2.45) is 5.73 Å². The molecule has 0 atom stereocenters. The molecular weight excluding hydrogens is 736 g/mol.